The van der Waals surface area contributed by atoms with E-state index in [1.54, 1.807) is 4.90 Å². The number of nitrogens with zero attached hydrogens (tertiary/aromatic N) is 2. The van der Waals surface area contributed by atoms with E-state index in [1.807, 2.05) is 36.2 Å². The number of nitrogens with one attached hydrogen (secondary N) is 2. The Morgan fingerprint density at radius 2 is 2.09 bits per heavy atom. The number of likely N-dealkylation sites (N-methyl/N-ethyl adjacent to an activating group) is 1. The van der Waals surface area contributed by atoms with Crippen molar-refractivity contribution in [2.45, 2.75) is 38.1 Å². The smallest absolute Gasteiger partial charge is 0.252 e. The second-order valence-corrected chi connectivity index (χ2v) is 9.39. The molecule has 3 aromatic rings. The summed E-state index contributed by atoms with van der Waals surface area (Å²) in [5.41, 5.74) is 10.3. The average Bonchev–Trinajstić information content (AvgIpc) is 3.44. The molecule has 3 heterocycles. The third-order valence-electron chi connectivity index (χ3n) is 7.14. The highest BCUT2D eigenvalue weighted by Gasteiger charge is 2.35. The largest absolute Gasteiger partial charge is 0.376 e. The van der Waals surface area contributed by atoms with Crippen molar-refractivity contribution < 1.29 is 19.1 Å². The first-order valence-electron chi connectivity index (χ1n) is 12.0. The van der Waals surface area contributed by atoms with Crippen LogP contribution in [0.15, 0.2) is 36.4 Å². The molecule has 8 nitrogen and oxygen atoms in total. The molecule has 0 aliphatic carbocycles. The predicted octanol–water partition coefficient (Wildman–Crippen LogP) is 1.96. The zero-order chi connectivity index (χ0) is 24.7. The van der Waals surface area contributed by atoms with Crippen LogP contribution in [-0.2, 0) is 17.8 Å². The molecule has 2 unspecified atom stereocenters. The van der Waals surface area contributed by atoms with Crippen LogP contribution in [0.25, 0.3) is 22.2 Å². The summed E-state index contributed by atoms with van der Waals surface area (Å²) in [6, 6.07) is 10.4. The quantitative estimate of drug-likeness (QED) is 0.404. The van der Waals surface area contributed by atoms with Gasteiger partial charge in [0, 0.05) is 36.2 Å². The summed E-state index contributed by atoms with van der Waals surface area (Å²) in [4.78, 5) is 31.4. The number of likely N-dealkylation sites (tertiary alicyclic amines) is 1. The van der Waals surface area contributed by atoms with E-state index in [1.165, 1.54) is 12.1 Å². The second kappa shape index (κ2) is 9.41. The molecule has 2 aliphatic heterocycles. The molecule has 5 N–H and O–H groups in total. The van der Waals surface area contributed by atoms with Crippen LogP contribution < -0.4 is 11.1 Å². The van der Waals surface area contributed by atoms with Crippen molar-refractivity contribution in [1.82, 2.24) is 20.1 Å². The molecule has 9 heteroatoms. The number of halogens is 1. The highest BCUT2D eigenvalue weighted by Crippen LogP contribution is 2.35. The van der Waals surface area contributed by atoms with E-state index in [4.69, 9.17) is 5.73 Å². The molecule has 2 atom stereocenters. The average molecular weight is 480 g/mol. The molecule has 1 saturated heterocycles. The van der Waals surface area contributed by atoms with E-state index in [0.29, 0.717) is 37.1 Å². The summed E-state index contributed by atoms with van der Waals surface area (Å²) in [5.74, 6) is -0.845. The number of aromatic nitrogens is 1. The van der Waals surface area contributed by atoms with Crippen LogP contribution in [0.5, 0.6) is 0 Å². The summed E-state index contributed by atoms with van der Waals surface area (Å²) in [5, 5.41) is 14.5. The van der Waals surface area contributed by atoms with Gasteiger partial charge in [-0.2, -0.15) is 0 Å². The zero-order valence-electron chi connectivity index (χ0n) is 19.7. The first kappa shape index (κ1) is 23.5. The molecular weight excluding hydrogens is 449 g/mol. The fourth-order valence-corrected chi connectivity index (χ4v) is 5.42. The Hall–Kier alpha value is -3.27. The van der Waals surface area contributed by atoms with Gasteiger partial charge in [0.25, 0.3) is 5.91 Å². The molecule has 2 aliphatic rings. The fraction of sp³-hybridized carbons (Fsp3) is 0.385. The Morgan fingerprint density at radius 1 is 1.31 bits per heavy atom. The number of H-pyrrole nitrogens is 1. The Bertz CT molecular complexity index is 1270. The summed E-state index contributed by atoms with van der Waals surface area (Å²) in [6.45, 7) is 1.57. The van der Waals surface area contributed by atoms with Crippen LogP contribution in [0.1, 0.15) is 34.3 Å². The van der Waals surface area contributed by atoms with Crippen LogP contribution >= 0.6 is 0 Å². The maximum atomic E-state index is 14.1. The monoisotopic (exact) mass is 479 g/mol. The van der Waals surface area contributed by atoms with Gasteiger partial charge in [-0.1, -0.05) is 24.3 Å². The maximum absolute atomic E-state index is 14.1. The summed E-state index contributed by atoms with van der Waals surface area (Å²) in [7, 11) is 1.84. The minimum Gasteiger partial charge on any atom is -0.376 e. The van der Waals surface area contributed by atoms with E-state index in [0.717, 1.165) is 40.6 Å². The van der Waals surface area contributed by atoms with Gasteiger partial charge in [0.15, 0.2) is 0 Å². The third kappa shape index (κ3) is 4.31. The van der Waals surface area contributed by atoms with Crippen molar-refractivity contribution in [3.8, 4) is 11.3 Å². The van der Waals surface area contributed by atoms with Gasteiger partial charge in [0.2, 0.25) is 5.91 Å². The summed E-state index contributed by atoms with van der Waals surface area (Å²) < 4.78 is 14.1. The van der Waals surface area contributed by atoms with E-state index >= 15 is 0 Å². The van der Waals surface area contributed by atoms with Gasteiger partial charge in [-0.3, -0.25) is 14.5 Å². The number of rotatable bonds is 6. The summed E-state index contributed by atoms with van der Waals surface area (Å²) >= 11 is 0. The fourth-order valence-electron chi connectivity index (χ4n) is 5.42. The predicted molar refractivity (Wildman–Crippen MR) is 131 cm³/mol. The van der Waals surface area contributed by atoms with Crippen LogP contribution in [-0.4, -0.2) is 70.7 Å². The van der Waals surface area contributed by atoms with Crippen LogP contribution in [0.4, 0.5) is 4.39 Å². The topological polar surface area (TPSA) is 115 Å². The molecule has 5 rings (SSSR count). The van der Waals surface area contributed by atoms with Crippen molar-refractivity contribution in [2.24, 2.45) is 5.73 Å². The van der Waals surface area contributed by atoms with Crippen molar-refractivity contribution in [3.05, 3.63) is 58.9 Å². The molecule has 0 spiro atoms. The lowest BCUT2D eigenvalue weighted by atomic mass is 9.99. The van der Waals surface area contributed by atoms with Gasteiger partial charge >= 0.3 is 0 Å². The Morgan fingerprint density at radius 3 is 2.83 bits per heavy atom. The molecule has 2 amide bonds. The number of nitrogens with two attached hydrogens (primary N) is 1. The van der Waals surface area contributed by atoms with Crippen LogP contribution in [0.2, 0.25) is 0 Å². The Kier molecular flexibility index (Phi) is 6.31. The van der Waals surface area contributed by atoms with Gasteiger partial charge in [-0.15, -0.1) is 0 Å². The van der Waals surface area contributed by atoms with E-state index in [9.17, 15) is 19.1 Å². The Labute approximate surface area is 202 Å². The molecular formula is C26H30FN5O3. The van der Waals surface area contributed by atoms with E-state index in [2.05, 4.69) is 10.3 Å². The molecule has 2 aromatic carbocycles. The lowest BCUT2D eigenvalue weighted by Gasteiger charge is -2.33. The number of amides is 2. The number of hydrogen-bond donors (Lipinski definition) is 4. The SMILES string of the molecule is CN(Cc1ccc(-c2[nH]c3cc(F)cc4c3c2CCNC4=O)cc1)C(O)C1CCCN1C(=O)CN. The minimum absolute atomic E-state index is 0.0531. The number of aliphatic hydroxyl groups excluding tert-OH is 1. The highest BCUT2D eigenvalue weighted by atomic mass is 19.1. The first-order valence-corrected chi connectivity index (χ1v) is 12.0. The number of aromatic amines is 1. The van der Waals surface area contributed by atoms with Crippen molar-refractivity contribution >= 4 is 22.7 Å². The van der Waals surface area contributed by atoms with Crippen molar-refractivity contribution in [1.29, 1.82) is 0 Å². The zero-order valence-corrected chi connectivity index (χ0v) is 19.7. The van der Waals surface area contributed by atoms with Crippen LogP contribution in [0.3, 0.4) is 0 Å². The molecule has 0 radical (unpaired) electrons. The maximum Gasteiger partial charge on any atom is 0.252 e. The molecule has 0 bridgehead atoms. The van der Waals surface area contributed by atoms with Gasteiger partial charge < -0.3 is 26.0 Å². The molecule has 0 saturated carbocycles. The van der Waals surface area contributed by atoms with E-state index < -0.39 is 12.0 Å². The van der Waals surface area contributed by atoms with Gasteiger partial charge in [-0.25, -0.2) is 4.39 Å². The normalized spacial score (nSPS) is 18.7. The third-order valence-corrected chi connectivity index (χ3v) is 7.14. The molecule has 1 fully saturated rings. The van der Waals surface area contributed by atoms with Gasteiger partial charge in [0.05, 0.1) is 18.2 Å². The number of aliphatic hydroxyl groups is 1. The Balaban J connectivity index is 1.37. The first-order chi connectivity index (χ1) is 16.9. The van der Waals surface area contributed by atoms with Crippen molar-refractivity contribution in [2.75, 3.05) is 26.7 Å². The second-order valence-electron chi connectivity index (χ2n) is 9.39. The minimum atomic E-state index is -0.784. The molecule has 1 aromatic heterocycles. The lowest BCUT2D eigenvalue weighted by molar-refractivity contribution is -0.136. The van der Waals surface area contributed by atoms with Gasteiger partial charge in [0.1, 0.15) is 12.0 Å². The highest BCUT2D eigenvalue weighted by molar-refractivity contribution is 6.10. The number of carbonyl (C=O) groups excluding carboxylic acids is 2. The number of hydrogen-bond acceptors (Lipinski definition) is 5. The molecule has 35 heavy (non-hydrogen) atoms. The van der Waals surface area contributed by atoms with Gasteiger partial charge in [-0.05, 0) is 55.1 Å². The standard InChI is InChI=1S/C26H30FN5O3/c1-31(26(35)21-3-2-10-32(21)22(33)13-28)14-15-4-6-16(7-5-15)24-18-8-9-29-25(34)19-11-17(27)12-20(30-24)23(18)19/h4-7,11-12,21,26,30,35H,2-3,8-10,13-14,28H2,1H3,(H,29,34). The number of benzene rings is 2. The lowest BCUT2D eigenvalue weighted by Crippen LogP contribution is -2.50. The summed E-state index contributed by atoms with van der Waals surface area (Å²) in [6.07, 6.45) is 1.47. The van der Waals surface area contributed by atoms with E-state index in [-0.39, 0.29) is 24.4 Å². The van der Waals surface area contributed by atoms with Crippen molar-refractivity contribution in [3.63, 3.8) is 0 Å². The van der Waals surface area contributed by atoms with Crippen LogP contribution in [0, 0.1) is 5.82 Å². The molecule has 184 valence electrons. The number of carbonyl (C=O) groups is 2.